The molecule has 4 aromatic rings. The van der Waals surface area contributed by atoms with E-state index in [9.17, 15) is 14.4 Å². The lowest BCUT2D eigenvalue weighted by Crippen LogP contribution is -2.26. The topological polar surface area (TPSA) is 103 Å². The number of nitrogens with zero attached hydrogens (tertiary/aromatic N) is 2. The number of carboxylic acid groups (broad SMARTS) is 1. The van der Waals surface area contributed by atoms with Gasteiger partial charge in [0.25, 0.3) is 5.56 Å². The van der Waals surface area contributed by atoms with Gasteiger partial charge in [-0.1, -0.05) is 48.0 Å². The van der Waals surface area contributed by atoms with Gasteiger partial charge < -0.3 is 10.1 Å². The van der Waals surface area contributed by atoms with Crippen LogP contribution in [0.4, 0.5) is 0 Å². The summed E-state index contributed by atoms with van der Waals surface area (Å²) in [7, 11) is 0. The van der Waals surface area contributed by atoms with Gasteiger partial charge in [0.1, 0.15) is 0 Å². The van der Waals surface area contributed by atoms with E-state index in [0.29, 0.717) is 33.8 Å². The van der Waals surface area contributed by atoms with Crippen molar-refractivity contribution in [2.75, 3.05) is 0 Å². The van der Waals surface area contributed by atoms with Crippen molar-refractivity contribution < 1.29 is 14.7 Å². The van der Waals surface area contributed by atoms with Crippen LogP contribution in [0.1, 0.15) is 35.7 Å². The molecular formula is C26H20ClN3O4S. The summed E-state index contributed by atoms with van der Waals surface area (Å²) < 4.78 is 0. The zero-order chi connectivity index (χ0) is 24.5. The van der Waals surface area contributed by atoms with Crippen LogP contribution in [0.25, 0.3) is 22.0 Å². The quantitative estimate of drug-likeness (QED) is 0.363. The summed E-state index contributed by atoms with van der Waals surface area (Å²) in [5.74, 6) is -1.45. The van der Waals surface area contributed by atoms with Gasteiger partial charge in [-0.2, -0.15) is 5.10 Å². The number of carbonyl (C=O) groups excluding carboxylic acids is 1. The Morgan fingerprint density at radius 3 is 2.54 bits per heavy atom. The number of hydrazone groups is 1. The highest BCUT2D eigenvalue weighted by Crippen LogP contribution is 2.38. The number of aliphatic carboxylic acids is 1. The molecule has 7 nitrogen and oxygen atoms in total. The first kappa shape index (κ1) is 23.0. The second-order valence-corrected chi connectivity index (χ2v) is 9.59. The summed E-state index contributed by atoms with van der Waals surface area (Å²) in [6.07, 6.45) is -0.128. The van der Waals surface area contributed by atoms with Gasteiger partial charge in [-0.05, 0) is 35.2 Å². The van der Waals surface area contributed by atoms with E-state index in [4.69, 9.17) is 16.7 Å². The van der Waals surface area contributed by atoms with Crippen LogP contribution in [0.5, 0.6) is 0 Å². The third-order valence-electron chi connectivity index (χ3n) is 5.93. The van der Waals surface area contributed by atoms with Crippen molar-refractivity contribution in [1.29, 1.82) is 0 Å². The van der Waals surface area contributed by atoms with Gasteiger partial charge in [0.2, 0.25) is 5.91 Å². The standard InChI is InChI=1S/C26H20ClN3O4S/c27-16-9-7-15(8-10-16)24-17-4-1-2-5-18(17)28-26(34)25(24)19-14-20(21-6-3-13-35-21)30(29-19)22(31)11-12-23(32)33/h1-10,13,20H,11-12,14H2,(H,28,34)(H,32,33)/t20-/m1/s1. The number of hydrogen-bond acceptors (Lipinski definition) is 5. The molecule has 0 saturated carbocycles. The van der Waals surface area contributed by atoms with E-state index in [1.165, 1.54) is 16.3 Å². The number of carboxylic acids is 1. The minimum absolute atomic E-state index is 0.174. The maximum absolute atomic E-state index is 13.4. The number of fused-ring (bicyclic) bond motifs is 1. The maximum Gasteiger partial charge on any atom is 0.303 e. The fraction of sp³-hybridized carbons (Fsp3) is 0.154. The van der Waals surface area contributed by atoms with Crippen molar-refractivity contribution in [3.05, 3.63) is 91.9 Å². The molecule has 0 bridgehead atoms. The Morgan fingerprint density at radius 2 is 1.83 bits per heavy atom. The predicted molar refractivity (Wildman–Crippen MR) is 137 cm³/mol. The van der Waals surface area contributed by atoms with E-state index in [1.807, 2.05) is 53.9 Å². The van der Waals surface area contributed by atoms with E-state index < -0.39 is 17.9 Å². The maximum atomic E-state index is 13.4. The average molecular weight is 506 g/mol. The highest BCUT2D eigenvalue weighted by atomic mass is 35.5. The summed E-state index contributed by atoms with van der Waals surface area (Å²) in [4.78, 5) is 41.3. The van der Waals surface area contributed by atoms with Crippen LogP contribution in [-0.2, 0) is 9.59 Å². The number of thiophene rings is 1. The zero-order valence-corrected chi connectivity index (χ0v) is 20.0. The Kier molecular flexibility index (Phi) is 6.23. The number of carbonyl (C=O) groups is 2. The van der Waals surface area contributed by atoms with Crippen LogP contribution in [0.3, 0.4) is 0 Å². The molecule has 0 fully saturated rings. The van der Waals surface area contributed by atoms with Crippen LogP contribution in [0.15, 0.2) is 75.9 Å². The van der Waals surface area contributed by atoms with E-state index >= 15 is 0 Å². The highest BCUT2D eigenvalue weighted by molar-refractivity contribution is 7.10. The fourth-order valence-electron chi connectivity index (χ4n) is 4.36. The molecule has 35 heavy (non-hydrogen) atoms. The lowest BCUT2D eigenvalue weighted by Gasteiger charge is -2.20. The van der Waals surface area contributed by atoms with Crippen molar-refractivity contribution in [2.24, 2.45) is 5.10 Å². The summed E-state index contributed by atoms with van der Waals surface area (Å²) >= 11 is 7.61. The van der Waals surface area contributed by atoms with Crippen LogP contribution in [0, 0.1) is 0 Å². The molecule has 176 valence electrons. The molecule has 3 heterocycles. The molecule has 1 atom stereocenters. The van der Waals surface area contributed by atoms with Gasteiger partial charge in [-0.3, -0.25) is 14.4 Å². The SMILES string of the molecule is O=C(O)CCC(=O)N1N=C(c2c(-c3ccc(Cl)cc3)c3ccccc3[nH]c2=O)C[C@@H]1c1cccs1. The highest BCUT2D eigenvalue weighted by Gasteiger charge is 2.35. The molecule has 1 amide bonds. The second kappa shape index (κ2) is 9.48. The second-order valence-electron chi connectivity index (χ2n) is 8.17. The molecule has 9 heteroatoms. The van der Waals surface area contributed by atoms with Crippen molar-refractivity contribution in [3.63, 3.8) is 0 Å². The first-order valence-corrected chi connectivity index (χ1v) is 12.2. The molecular weight excluding hydrogens is 486 g/mol. The minimum atomic E-state index is -1.05. The van der Waals surface area contributed by atoms with Gasteiger partial charge in [0.05, 0.1) is 23.7 Å². The normalized spacial score (nSPS) is 15.4. The summed E-state index contributed by atoms with van der Waals surface area (Å²) in [6, 6.07) is 18.2. The van der Waals surface area contributed by atoms with Gasteiger partial charge in [-0.15, -0.1) is 11.3 Å². The first-order valence-electron chi connectivity index (χ1n) is 11.0. The van der Waals surface area contributed by atoms with Crippen LogP contribution in [0.2, 0.25) is 5.02 Å². The Morgan fingerprint density at radius 1 is 1.06 bits per heavy atom. The lowest BCUT2D eigenvalue weighted by molar-refractivity contribution is -0.141. The first-order chi connectivity index (χ1) is 16.9. The Balaban J connectivity index is 1.68. The van der Waals surface area contributed by atoms with Gasteiger partial charge in [-0.25, -0.2) is 5.01 Å². The van der Waals surface area contributed by atoms with Crippen molar-refractivity contribution in [2.45, 2.75) is 25.3 Å². The van der Waals surface area contributed by atoms with Crippen LogP contribution >= 0.6 is 22.9 Å². The van der Waals surface area contributed by atoms with Crippen molar-refractivity contribution in [1.82, 2.24) is 9.99 Å². The molecule has 1 aliphatic heterocycles. The van der Waals surface area contributed by atoms with Crippen LogP contribution in [-0.4, -0.2) is 32.7 Å². The summed E-state index contributed by atoms with van der Waals surface area (Å²) in [5, 5.41) is 18.3. The number of aromatic amines is 1. The number of aromatic nitrogens is 1. The third-order valence-corrected chi connectivity index (χ3v) is 7.16. The molecule has 0 saturated heterocycles. The fourth-order valence-corrected chi connectivity index (χ4v) is 5.29. The Bertz CT molecular complexity index is 1510. The number of amides is 1. The van der Waals surface area contributed by atoms with E-state index in [-0.39, 0.29) is 18.4 Å². The molecule has 2 aromatic carbocycles. The number of nitrogens with one attached hydrogen (secondary N) is 1. The Hall–Kier alpha value is -3.75. The summed E-state index contributed by atoms with van der Waals surface area (Å²) in [6.45, 7) is 0. The number of rotatable bonds is 6. The zero-order valence-electron chi connectivity index (χ0n) is 18.4. The lowest BCUT2D eigenvalue weighted by atomic mass is 9.92. The Labute approximate surface area is 209 Å². The predicted octanol–water partition coefficient (Wildman–Crippen LogP) is 5.45. The molecule has 5 rings (SSSR count). The van der Waals surface area contributed by atoms with Gasteiger partial charge in [0, 0.05) is 39.2 Å². The van der Waals surface area contributed by atoms with E-state index in [1.54, 1.807) is 12.1 Å². The molecule has 2 aromatic heterocycles. The summed E-state index contributed by atoms with van der Waals surface area (Å²) in [5.41, 5.74) is 2.76. The monoisotopic (exact) mass is 505 g/mol. The number of H-pyrrole nitrogens is 1. The minimum Gasteiger partial charge on any atom is -0.481 e. The van der Waals surface area contributed by atoms with E-state index in [2.05, 4.69) is 10.1 Å². The number of hydrogen-bond donors (Lipinski definition) is 2. The van der Waals surface area contributed by atoms with Crippen molar-refractivity contribution in [3.8, 4) is 11.1 Å². The number of halogens is 1. The molecule has 2 N–H and O–H groups in total. The smallest absolute Gasteiger partial charge is 0.303 e. The average Bonchev–Trinajstić information content (AvgIpc) is 3.52. The molecule has 0 unspecified atom stereocenters. The van der Waals surface area contributed by atoms with E-state index in [0.717, 1.165) is 15.8 Å². The third kappa shape index (κ3) is 4.50. The number of pyridine rings is 1. The van der Waals surface area contributed by atoms with Crippen molar-refractivity contribution >= 4 is 51.4 Å². The van der Waals surface area contributed by atoms with Gasteiger partial charge in [0.15, 0.2) is 0 Å². The molecule has 0 aliphatic carbocycles. The number of para-hydroxylation sites is 1. The molecule has 0 spiro atoms. The van der Waals surface area contributed by atoms with Crippen LogP contribution < -0.4 is 5.56 Å². The largest absolute Gasteiger partial charge is 0.481 e. The molecule has 1 aliphatic rings. The number of benzene rings is 2. The molecule has 0 radical (unpaired) electrons. The van der Waals surface area contributed by atoms with Gasteiger partial charge >= 0.3 is 5.97 Å².